The topological polar surface area (TPSA) is 214 Å². The van der Waals surface area contributed by atoms with Gasteiger partial charge < -0.3 is 64.2 Å². The van der Waals surface area contributed by atoms with Crippen molar-refractivity contribution >= 4 is 5.97 Å². The highest BCUT2D eigenvalue weighted by Gasteiger charge is 2.47. The Bertz CT molecular complexity index is 1890. The van der Waals surface area contributed by atoms with Crippen molar-refractivity contribution in [3.8, 4) is 0 Å². The summed E-state index contributed by atoms with van der Waals surface area (Å²) in [6.45, 7) is 3.34. The number of allylic oxidation sites excluding steroid dienone is 24. The van der Waals surface area contributed by atoms with E-state index in [1.54, 1.807) is 0 Å². The van der Waals surface area contributed by atoms with Gasteiger partial charge in [0.05, 0.1) is 26.4 Å². The van der Waals surface area contributed by atoms with Gasteiger partial charge in [-0.1, -0.05) is 192 Å². The summed E-state index contributed by atoms with van der Waals surface area (Å²) in [7, 11) is 0. The summed E-state index contributed by atoms with van der Waals surface area (Å²) >= 11 is 0. The van der Waals surface area contributed by atoms with Crippen molar-refractivity contribution in [1.29, 1.82) is 0 Å². The number of esters is 1. The average Bonchev–Trinajstić information content (AvgIpc) is 3.60. The average molecular weight is 1140 g/mol. The van der Waals surface area contributed by atoms with Crippen LogP contribution in [-0.2, 0) is 33.2 Å². The Hall–Kier alpha value is -4.13. The fraction of sp³-hybridized carbons (Fsp3) is 0.627. The first-order chi connectivity index (χ1) is 39.6. The van der Waals surface area contributed by atoms with Crippen molar-refractivity contribution in [2.45, 2.75) is 235 Å². The number of aliphatic hydroxyl groups is 7. The summed E-state index contributed by atoms with van der Waals surface area (Å²) in [4.78, 5) is 13.1. The molecule has 11 atom stereocenters. The first-order valence-corrected chi connectivity index (χ1v) is 30.4. The molecule has 2 rings (SSSR count). The lowest BCUT2D eigenvalue weighted by molar-refractivity contribution is -0.332. The van der Waals surface area contributed by atoms with Crippen molar-refractivity contribution in [3.05, 3.63) is 146 Å². The van der Waals surface area contributed by atoms with Crippen LogP contribution in [0.15, 0.2) is 146 Å². The molecule has 14 heteroatoms. The Labute approximate surface area is 487 Å². The quantitative estimate of drug-likeness (QED) is 0.0172. The van der Waals surface area contributed by atoms with E-state index in [0.29, 0.717) is 13.0 Å². The van der Waals surface area contributed by atoms with Crippen molar-refractivity contribution in [1.82, 2.24) is 0 Å². The standard InChI is InChI=1S/C67H106O14/c1-3-5-7-9-11-13-15-17-19-21-23-25-26-27-28-29-31-33-35-37-39-41-43-45-47-49-51-76-53-56(54-77-66-65(75)63(73)61(71)58(81-66)55-78-67-64(74)62(72)60(70)57(52-68)80-67)79-59(69)50-48-46-44-42-40-38-36-34-32-30-24-22-20-18-16-14-12-10-8-6-4-2/h5-8,11-14,17-20,23-25,27-28,30-31,33-34,36-37,39,56-58,60-68,70-75H,3-4,9-10,15-16,21-22,26,29,32,35,38,40-55H2,1-2H3/b7-5-,8-6-,13-11-,14-12-,19-17-,20-18-,25-23-,28-27-,30-24-,33-31-,36-34-,39-37-. The summed E-state index contributed by atoms with van der Waals surface area (Å²) in [6, 6.07) is 0. The zero-order valence-electron chi connectivity index (χ0n) is 49.2. The second-order valence-electron chi connectivity index (χ2n) is 20.4. The smallest absolute Gasteiger partial charge is 0.306 e. The minimum atomic E-state index is -1.73. The number of carbonyl (C=O) groups is 1. The predicted octanol–water partition coefficient (Wildman–Crippen LogP) is 11.6. The Morgan fingerprint density at radius 2 is 0.765 bits per heavy atom. The third-order valence-corrected chi connectivity index (χ3v) is 13.3. The molecule has 2 heterocycles. The number of unbranched alkanes of at least 4 members (excludes halogenated alkanes) is 9. The van der Waals surface area contributed by atoms with Gasteiger partial charge in [-0.05, 0) is 116 Å². The SMILES string of the molecule is CC/C=C\C/C=C\C/C=C\C/C=C\C/C=C\C/C=C\C/C=C\CCCCCCOCC(COC1OC(COC2OC(CO)C(O)C(O)C2O)C(O)C(O)C1O)OC(=O)CCCCCCC/C=C\C/C=C\C/C=C\C/C=C\C/C=C\CC. The van der Waals surface area contributed by atoms with Gasteiger partial charge in [-0.15, -0.1) is 0 Å². The molecule has 7 N–H and O–H groups in total. The fourth-order valence-electron chi connectivity index (χ4n) is 8.53. The van der Waals surface area contributed by atoms with E-state index < -0.39 is 86.7 Å². The van der Waals surface area contributed by atoms with E-state index in [2.05, 4.69) is 160 Å². The van der Waals surface area contributed by atoms with Gasteiger partial charge in [-0.2, -0.15) is 0 Å². The van der Waals surface area contributed by atoms with E-state index in [1.807, 2.05) is 0 Å². The highest BCUT2D eigenvalue weighted by atomic mass is 16.7. The number of hydrogen-bond donors (Lipinski definition) is 7. The molecule has 2 saturated heterocycles. The lowest BCUT2D eigenvalue weighted by atomic mass is 9.98. The molecule has 81 heavy (non-hydrogen) atoms. The number of ether oxygens (including phenoxy) is 6. The molecule has 2 fully saturated rings. The molecule has 0 aromatic rings. The van der Waals surface area contributed by atoms with Crippen LogP contribution >= 0.6 is 0 Å². The summed E-state index contributed by atoms with van der Waals surface area (Å²) in [5, 5.41) is 72.4. The van der Waals surface area contributed by atoms with E-state index in [4.69, 9.17) is 28.4 Å². The predicted molar refractivity (Wildman–Crippen MR) is 325 cm³/mol. The van der Waals surface area contributed by atoms with E-state index in [-0.39, 0.29) is 19.6 Å². The van der Waals surface area contributed by atoms with Crippen LogP contribution in [-0.4, -0.2) is 142 Å². The van der Waals surface area contributed by atoms with Crippen molar-refractivity contribution < 1.29 is 69.0 Å². The second-order valence-corrected chi connectivity index (χ2v) is 20.4. The third kappa shape index (κ3) is 37.6. The van der Waals surface area contributed by atoms with Crippen LogP contribution in [0.4, 0.5) is 0 Å². The van der Waals surface area contributed by atoms with Gasteiger partial charge in [0.15, 0.2) is 12.6 Å². The Morgan fingerprint density at radius 1 is 0.407 bits per heavy atom. The van der Waals surface area contributed by atoms with Gasteiger partial charge in [0, 0.05) is 13.0 Å². The lowest BCUT2D eigenvalue weighted by Crippen LogP contribution is -2.61. The van der Waals surface area contributed by atoms with Crippen LogP contribution in [0.25, 0.3) is 0 Å². The van der Waals surface area contributed by atoms with Crippen LogP contribution in [0, 0.1) is 0 Å². The minimum Gasteiger partial charge on any atom is -0.457 e. The highest BCUT2D eigenvalue weighted by molar-refractivity contribution is 5.69. The number of hydrogen-bond acceptors (Lipinski definition) is 14. The van der Waals surface area contributed by atoms with Crippen LogP contribution in [0.3, 0.4) is 0 Å². The van der Waals surface area contributed by atoms with E-state index >= 15 is 0 Å². The first-order valence-electron chi connectivity index (χ1n) is 30.4. The van der Waals surface area contributed by atoms with E-state index in [9.17, 15) is 40.5 Å². The van der Waals surface area contributed by atoms with Gasteiger partial charge in [0.25, 0.3) is 0 Å². The Kier molecular flexibility index (Phi) is 46.4. The van der Waals surface area contributed by atoms with E-state index in [1.165, 1.54) is 0 Å². The maximum absolute atomic E-state index is 13.1. The maximum atomic E-state index is 13.1. The summed E-state index contributed by atoms with van der Waals surface area (Å²) in [6.07, 6.45) is 59.0. The molecule has 0 spiro atoms. The highest BCUT2D eigenvalue weighted by Crippen LogP contribution is 2.26. The molecule has 0 aliphatic carbocycles. The van der Waals surface area contributed by atoms with E-state index in [0.717, 1.165) is 141 Å². The molecule has 11 unspecified atom stereocenters. The summed E-state index contributed by atoms with van der Waals surface area (Å²) in [5.74, 6) is -0.411. The Balaban J connectivity index is 1.74. The van der Waals surface area contributed by atoms with Crippen molar-refractivity contribution in [2.75, 3.05) is 33.0 Å². The largest absolute Gasteiger partial charge is 0.457 e. The van der Waals surface area contributed by atoms with Gasteiger partial charge in [-0.25, -0.2) is 0 Å². The van der Waals surface area contributed by atoms with Gasteiger partial charge >= 0.3 is 5.97 Å². The molecule has 0 bridgehead atoms. The molecular formula is C67H106O14. The molecule has 14 nitrogen and oxygen atoms in total. The normalized spacial score (nSPS) is 24.8. The Morgan fingerprint density at radius 3 is 1.20 bits per heavy atom. The molecule has 0 aromatic heterocycles. The molecule has 2 aliphatic heterocycles. The maximum Gasteiger partial charge on any atom is 0.306 e. The zero-order chi connectivity index (χ0) is 58.6. The molecule has 0 aromatic carbocycles. The molecule has 458 valence electrons. The van der Waals surface area contributed by atoms with Crippen molar-refractivity contribution in [2.24, 2.45) is 0 Å². The first kappa shape index (κ1) is 73.0. The number of carbonyl (C=O) groups excluding carboxylic acids is 1. The molecular weight excluding hydrogens is 1030 g/mol. The monoisotopic (exact) mass is 1130 g/mol. The number of aliphatic hydroxyl groups excluding tert-OH is 7. The fourth-order valence-corrected chi connectivity index (χ4v) is 8.53. The molecule has 2 aliphatic rings. The minimum absolute atomic E-state index is 0.0243. The van der Waals surface area contributed by atoms with Crippen LogP contribution in [0.1, 0.15) is 168 Å². The van der Waals surface area contributed by atoms with Gasteiger partial charge in [0.2, 0.25) is 0 Å². The summed E-state index contributed by atoms with van der Waals surface area (Å²) in [5.41, 5.74) is 0. The van der Waals surface area contributed by atoms with Crippen molar-refractivity contribution in [3.63, 3.8) is 0 Å². The molecule has 0 radical (unpaired) electrons. The third-order valence-electron chi connectivity index (χ3n) is 13.3. The summed E-state index contributed by atoms with van der Waals surface area (Å²) < 4.78 is 34.4. The zero-order valence-corrected chi connectivity index (χ0v) is 49.2. The number of rotatable bonds is 47. The van der Waals surface area contributed by atoms with Gasteiger partial charge in [0.1, 0.15) is 54.9 Å². The second kappa shape index (κ2) is 51.5. The molecule has 0 amide bonds. The van der Waals surface area contributed by atoms with Crippen LogP contribution < -0.4 is 0 Å². The molecule has 0 saturated carbocycles. The van der Waals surface area contributed by atoms with Crippen LogP contribution in [0.2, 0.25) is 0 Å². The van der Waals surface area contributed by atoms with Gasteiger partial charge in [-0.3, -0.25) is 4.79 Å². The van der Waals surface area contributed by atoms with Crippen LogP contribution in [0.5, 0.6) is 0 Å². The lowest BCUT2D eigenvalue weighted by Gasteiger charge is -2.42.